The standard InChI is InChI=1S/C12H15N3O2S2/c1-9-8-18-12(15-9)6-7-14-10-4-2-3-5-11(10)19(13,16)17/h2-5,8,14H,6-7H2,1H3,(H2,13,16,17). The molecule has 3 N–H and O–H groups in total. The van der Waals surface area contributed by atoms with Crippen LogP contribution in [-0.2, 0) is 16.4 Å². The lowest BCUT2D eigenvalue weighted by molar-refractivity contribution is 0.598. The highest BCUT2D eigenvalue weighted by molar-refractivity contribution is 7.89. The number of aromatic nitrogens is 1. The Balaban J connectivity index is 2.04. The van der Waals surface area contributed by atoms with Crippen molar-refractivity contribution < 1.29 is 8.42 Å². The van der Waals surface area contributed by atoms with Gasteiger partial charge in [-0.3, -0.25) is 0 Å². The smallest absolute Gasteiger partial charge is 0.240 e. The van der Waals surface area contributed by atoms with Gasteiger partial charge < -0.3 is 5.32 Å². The van der Waals surface area contributed by atoms with E-state index >= 15 is 0 Å². The molecule has 1 aromatic carbocycles. The van der Waals surface area contributed by atoms with Gasteiger partial charge >= 0.3 is 0 Å². The molecule has 2 aromatic rings. The maximum Gasteiger partial charge on any atom is 0.240 e. The molecule has 0 spiro atoms. The molecular weight excluding hydrogens is 282 g/mol. The second-order valence-corrected chi connectivity index (χ2v) is 6.57. The summed E-state index contributed by atoms with van der Waals surface area (Å²) in [6, 6.07) is 6.61. The zero-order valence-corrected chi connectivity index (χ0v) is 12.1. The van der Waals surface area contributed by atoms with Gasteiger partial charge in [-0.05, 0) is 19.1 Å². The fraction of sp³-hybridized carbons (Fsp3) is 0.250. The number of nitrogens with two attached hydrogens (primary N) is 1. The molecule has 0 radical (unpaired) electrons. The maximum absolute atomic E-state index is 11.4. The Hall–Kier alpha value is -1.44. The third-order valence-corrected chi connectivity index (χ3v) is 4.51. The summed E-state index contributed by atoms with van der Waals surface area (Å²) in [7, 11) is -3.70. The lowest BCUT2D eigenvalue weighted by Crippen LogP contribution is -2.15. The highest BCUT2D eigenvalue weighted by Crippen LogP contribution is 2.19. The van der Waals surface area contributed by atoms with Crippen molar-refractivity contribution in [2.75, 3.05) is 11.9 Å². The molecular formula is C12H15N3O2S2. The molecule has 102 valence electrons. The van der Waals surface area contributed by atoms with Crippen molar-refractivity contribution in [3.05, 3.63) is 40.3 Å². The van der Waals surface area contributed by atoms with Gasteiger partial charge in [0.05, 0.1) is 10.7 Å². The first kappa shape index (κ1) is 14.0. The fourth-order valence-corrected chi connectivity index (χ4v) is 3.17. The predicted molar refractivity (Wildman–Crippen MR) is 76.9 cm³/mol. The number of aryl methyl sites for hydroxylation is 1. The van der Waals surface area contributed by atoms with Crippen LogP contribution in [0.2, 0.25) is 0 Å². The molecule has 0 aliphatic carbocycles. The SMILES string of the molecule is Cc1csc(CCNc2ccccc2S(N)(=O)=O)n1. The Morgan fingerprint density at radius 1 is 1.37 bits per heavy atom. The number of nitrogens with zero attached hydrogens (tertiary/aromatic N) is 1. The number of thiazole rings is 1. The largest absolute Gasteiger partial charge is 0.384 e. The minimum atomic E-state index is -3.70. The fourth-order valence-electron chi connectivity index (χ4n) is 1.68. The Kier molecular flexibility index (Phi) is 4.18. The lowest BCUT2D eigenvalue weighted by Gasteiger charge is -2.09. The number of para-hydroxylation sites is 1. The first-order valence-corrected chi connectivity index (χ1v) is 8.16. The van der Waals surface area contributed by atoms with Crippen LogP contribution >= 0.6 is 11.3 Å². The summed E-state index contributed by atoms with van der Waals surface area (Å²) in [6.07, 6.45) is 0.747. The highest BCUT2D eigenvalue weighted by atomic mass is 32.2. The highest BCUT2D eigenvalue weighted by Gasteiger charge is 2.12. The molecule has 0 bridgehead atoms. The third kappa shape index (κ3) is 3.76. The molecule has 0 atom stereocenters. The number of rotatable bonds is 5. The summed E-state index contributed by atoms with van der Waals surface area (Å²) in [5.74, 6) is 0. The van der Waals surface area contributed by atoms with Crippen LogP contribution in [0.3, 0.4) is 0 Å². The van der Waals surface area contributed by atoms with E-state index in [1.165, 1.54) is 6.07 Å². The number of primary sulfonamides is 1. The number of benzene rings is 1. The van der Waals surface area contributed by atoms with Crippen LogP contribution in [-0.4, -0.2) is 19.9 Å². The summed E-state index contributed by atoms with van der Waals surface area (Å²) in [4.78, 5) is 4.46. The van der Waals surface area contributed by atoms with Crippen molar-refractivity contribution >= 4 is 27.0 Å². The molecule has 1 aromatic heterocycles. The van der Waals surface area contributed by atoms with Gasteiger partial charge in [-0.2, -0.15) is 0 Å². The van der Waals surface area contributed by atoms with Crippen LogP contribution < -0.4 is 10.5 Å². The molecule has 0 amide bonds. The second-order valence-electron chi connectivity index (χ2n) is 4.10. The van der Waals surface area contributed by atoms with Crippen LogP contribution in [0.15, 0.2) is 34.5 Å². The van der Waals surface area contributed by atoms with E-state index in [2.05, 4.69) is 10.3 Å². The number of nitrogens with one attached hydrogen (secondary N) is 1. The third-order valence-electron chi connectivity index (χ3n) is 2.51. The molecule has 0 aliphatic rings. The van der Waals surface area contributed by atoms with E-state index in [1.54, 1.807) is 29.5 Å². The molecule has 0 fully saturated rings. The van der Waals surface area contributed by atoms with Crippen LogP contribution in [0.4, 0.5) is 5.69 Å². The number of hydrogen-bond acceptors (Lipinski definition) is 5. The summed E-state index contributed by atoms with van der Waals surface area (Å²) in [6.45, 7) is 2.56. The molecule has 0 saturated carbocycles. The van der Waals surface area contributed by atoms with Gasteiger partial charge in [0, 0.05) is 24.0 Å². The van der Waals surface area contributed by atoms with Crippen molar-refractivity contribution in [1.29, 1.82) is 0 Å². The van der Waals surface area contributed by atoms with Gasteiger partial charge in [-0.25, -0.2) is 18.5 Å². The van der Waals surface area contributed by atoms with Crippen molar-refractivity contribution in [3.8, 4) is 0 Å². The van der Waals surface area contributed by atoms with Crippen molar-refractivity contribution in [2.45, 2.75) is 18.2 Å². The Morgan fingerprint density at radius 3 is 2.74 bits per heavy atom. The molecule has 2 rings (SSSR count). The van der Waals surface area contributed by atoms with Crippen LogP contribution in [0.1, 0.15) is 10.7 Å². The van der Waals surface area contributed by atoms with Crippen molar-refractivity contribution in [2.24, 2.45) is 5.14 Å². The molecule has 0 aliphatic heterocycles. The van der Waals surface area contributed by atoms with Crippen LogP contribution in [0.25, 0.3) is 0 Å². The van der Waals surface area contributed by atoms with Gasteiger partial charge in [-0.1, -0.05) is 12.1 Å². The molecule has 0 saturated heterocycles. The lowest BCUT2D eigenvalue weighted by atomic mass is 10.3. The van der Waals surface area contributed by atoms with Gasteiger partial charge in [-0.15, -0.1) is 11.3 Å². The summed E-state index contributed by atoms with van der Waals surface area (Å²) in [5, 5.41) is 11.3. The molecule has 5 nitrogen and oxygen atoms in total. The van der Waals surface area contributed by atoms with E-state index < -0.39 is 10.0 Å². The van der Waals surface area contributed by atoms with E-state index in [1.807, 2.05) is 12.3 Å². The quantitative estimate of drug-likeness (QED) is 0.880. The van der Waals surface area contributed by atoms with Crippen LogP contribution in [0.5, 0.6) is 0 Å². The zero-order chi connectivity index (χ0) is 13.9. The average molecular weight is 297 g/mol. The van der Waals surface area contributed by atoms with E-state index in [0.29, 0.717) is 12.2 Å². The number of hydrogen-bond donors (Lipinski definition) is 2. The zero-order valence-electron chi connectivity index (χ0n) is 10.5. The first-order valence-electron chi connectivity index (χ1n) is 5.73. The van der Waals surface area contributed by atoms with Gasteiger partial charge in [0.25, 0.3) is 0 Å². The topological polar surface area (TPSA) is 85.1 Å². The summed E-state index contributed by atoms with van der Waals surface area (Å²) >= 11 is 1.60. The Bertz CT molecular complexity index is 665. The monoisotopic (exact) mass is 297 g/mol. The molecule has 7 heteroatoms. The van der Waals surface area contributed by atoms with Gasteiger partial charge in [0.1, 0.15) is 4.90 Å². The van der Waals surface area contributed by atoms with E-state index in [-0.39, 0.29) is 4.90 Å². The van der Waals surface area contributed by atoms with E-state index in [4.69, 9.17) is 5.14 Å². The minimum Gasteiger partial charge on any atom is -0.384 e. The minimum absolute atomic E-state index is 0.116. The Morgan fingerprint density at radius 2 is 2.11 bits per heavy atom. The number of sulfonamides is 1. The normalized spacial score (nSPS) is 11.5. The maximum atomic E-state index is 11.4. The average Bonchev–Trinajstić information content (AvgIpc) is 2.74. The first-order chi connectivity index (χ1) is 8.97. The van der Waals surface area contributed by atoms with E-state index in [9.17, 15) is 8.42 Å². The molecule has 0 unspecified atom stereocenters. The molecule has 1 heterocycles. The predicted octanol–water partition coefficient (Wildman–Crippen LogP) is 1.75. The van der Waals surface area contributed by atoms with Crippen molar-refractivity contribution in [1.82, 2.24) is 4.98 Å². The summed E-state index contributed by atoms with van der Waals surface area (Å²) in [5.41, 5.74) is 1.53. The van der Waals surface area contributed by atoms with Gasteiger partial charge in [0.15, 0.2) is 0 Å². The van der Waals surface area contributed by atoms with Gasteiger partial charge in [0.2, 0.25) is 10.0 Å². The summed E-state index contributed by atoms with van der Waals surface area (Å²) < 4.78 is 22.8. The Labute approximate surface area is 116 Å². The number of anilines is 1. The molecule has 19 heavy (non-hydrogen) atoms. The van der Waals surface area contributed by atoms with E-state index in [0.717, 1.165) is 17.1 Å². The van der Waals surface area contributed by atoms with Crippen molar-refractivity contribution in [3.63, 3.8) is 0 Å². The van der Waals surface area contributed by atoms with Crippen LogP contribution in [0, 0.1) is 6.92 Å². The second kappa shape index (κ2) is 5.68.